The van der Waals surface area contributed by atoms with Gasteiger partial charge < -0.3 is 9.84 Å². The minimum Gasteiger partial charge on any atom is -0.389 e. The van der Waals surface area contributed by atoms with Crippen molar-refractivity contribution in [3.05, 3.63) is 0 Å². The Bertz CT molecular complexity index is 110. The first-order valence-electron chi connectivity index (χ1n) is 3.91. The van der Waals surface area contributed by atoms with Crippen LogP contribution in [0.2, 0.25) is 0 Å². The summed E-state index contributed by atoms with van der Waals surface area (Å²) in [6.45, 7) is 4.16. The maximum absolute atomic E-state index is 10.6. The fourth-order valence-corrected chi connectivity index (χ4v) is 0.667. The summed E-state index contributed by atoms with van der Waals surface area (Å²) in [5.41, 5.74) is 0. The minimum absolute atomic E-state index is 0.114. The Morgan fingerprint density at radius 3 is 2.64 bits per heavy atom. The van der Waals surface area contributed by atoms with E-state index in [4.69, 9.17) is 9.84 Å². The van der Waals surface area contributed by atoms with Crippen LogP contribution >= 0.6 is 0 Å². The maximum atomic E-state index is 10.6. The summed E-state index contributed by atoms with van der Waals surface area (Å²) >= 11 is 0. The van der Waals surface area contributed by atoms with Gasteiger partial charge in [-0.2, -0.15) is 0 Å². The number of rotatable bonds is 6. The second kappa shape index (κ2) is 6.31. The van der Waals surface area contributed by atoms with Crippen molar-refractivity contribution in [3.63, 3.8) is 0 Å². The first-order chi connectivity index (χ1) is 5.16. The summed E-state index contributed by atoms with van der Waals surface area (Å²) in [6, 6.07) is 0. The molecule has 0 saturated carbocycles. The molecule has 11 heavy (non-hydrogen) atoms. The van der Waals surface area contributed by atoms with Crippen LogP contribution in [0.4, 0.5) is 0 Å². The lowest BCUT2D eigenvalue weighted by atomic mass is 10.2. The van der Waals surface area contributed by atoms with Gasteiger partial charge in [-0.05, 0) is 20.3 Å². The fourth-order valence-electron chi connectivity index (χ4n) is 0.667. The number of Topliss-reactive ketones (excluding diaryl/α,β-unsaturated/α-hetero) is 1. The second-order valence-electron chi connectivity index (χ2n) is 2.72. The van der Waals surface area contributed by atoms with Gasteiger partial charge in [0.2, 0.25) is 0 Å². The predicted octanol–water partition coefficient (Wildman–Crippen LogP) is 0.753. The third-order valence-electron chi connectivity index (χ3n) is 1.23. The van der Waals surface area contributed by atoms with Crippen LogP contribution in [0.5, 0.6) is 0 Å². The fraction of sp³-hybridized carbons (Fsp3) is 0.875. The Kier molecular flexibility index (Phi) is 6.07. The molecule has 0 heterocycles. The molecule has 0 saturated heterocycles. The molecule has 0 aliphatic heterocycles. The van der Waals surface area contributed by atoms with Crippen LogP contribution in [0.15, 0.2) is 0 Å². The summed E-state index contributed by atoms with van der Waals surface area (Å²) in [4.78, 5) is 10.6. The Labute approximate surface area is 67.4 Å². The monoisotopic (exact) mass is 160 g/mol. The van der Waals surface area contributed by atoms with Crippen molar-refractivity contribution in [2.75, 3.05) is 13.2 Å². The first-order valence-corrected chi connectivity index (χ1v) is 3.91. The minimum atomic E-state index is -0.346. The average Bonchev–Trinajstić information content (AvgIpc) is 1.97. The third-order valence-corrected chi connectivity index (χ3v) is 1.23. The Hall–Kier alpha value is -0.410. The van der Waals surface area contributed by atoms with Crippen LogP contribution < -0.4 is 0 Å². The van der Waals surface area contributed by atoms with Crippen LogP contribution in [-0.4, -0.2) is 30.2 Å². The molecular formula is C8H16O3. The second-order valence-corrected chi connectivity index (χ2v) is 2.72. The molecule has 0 aromatic rings. The molecule has 0 aliphatic carbocycles. The first kappa shape index (κ1) is 10.6. The summed E-state index contributed by atoms with van der Waals surface area (Å²) in [5.74, 6) is -0.114. The van der Waals surface area contributed by atoms with E-state index in [-0.39, 0.29) is 18.5 Å². The summed E-state index contributed by atoms with van der Waals surface area (Å²) in [7, 11) is 0. The van der Waals surface area contributed by atoms with Crippen LogP contribution in [0.1, 0.15) is 26.7 Å². The van der Waals surface area contributed by atoms with Crippen LogP contribution in [-0.2, 0) is 9.53 Å². The van der Waals surface area contributed by atoms with Gasteiger partial charge in [0.05, 0.1) is 6.10 Å². The zero-order valence-corrected chi connectivity index (χ0v) is 7.17. The Morgan fingerprint density at radius 1 is 1.55 bits per heavy atom. The van der Waals surface area contributed by atoms with Crippen molar-refractivity contribution in [2.45, 2.75) is 32.8 Å². The van der Waals surface area contributed by atoms with Crippen molar-refractivity contribution >= 4 is 5.78 Å². The molecule has 66 valence electrons. The normalized spacial score (nSPS) is 10.5. The lowest BCUT2D eigenvalue weighted by Crippen LogP contribution is -2.08. The average molecular weight is 160 g/mol. The van der Waals surface area contributed by atoms with E-state index in [0.717, 1.165) is 0 Å². The molecule has 0 bridgehead atoms. The number of carbonyl (C=O) groups excluding carboxylic acids is 1. The van der Waals surface area contributed by atoms with E-state index in [9.17, 15) is 4.79 Å². The van der Waals surface area contributed by atoms with E-state index < -0.39 is 0 Å². The van der Waals surface area contributed by atoms with Crippen molar-refractivity contribution in [1.29, 1.82) is 0 Å². The highest BCUT2D eigenvalue weighted by atomic mass is 16.5. The van der Waals surface area contributed by atoms with Gasteiger partial charge in [0.1, 0.15) is 6.61 Å². The molecule has 0 rings (SSSR count). The largest absolute Gasteiger partial charge is 0.389 e. The molecule has 0 aromatic carbocycles. The van der Waals surface area contributed by atoms with Crippen molar-refractivity contribution in [1.82, 2.24) is 0 Å². The van der Waals surface area contributed by atoms with Crippen molar-refractivity contribution in [2.24, 2.45) is 0 Å². The number of ether oxygens (including phenoxy) is 1. The number of aliphatic hydroxyl groups excluding tert-OH is 1. The number of hydrogen-bond acceptors (Lipinski definition) is 3. The van der Waals surface area contributed by atoms with Crippen LogP contribution in [0.3, 0.4) is 0 Å². The van der Waals surface area contributed by atoms with Gasteiger partial charge in [0.15, 0.2) is 5.78 Å². The van der Waals surface area contributed by atoms with Crippen LogP contribution in [0, 0.1) is 0 Å². The van der Waals surface area contributed by atoms with E-state index in [1.54, 1.807) is 0 Å². The standard InChI is InChI=1S/C8H16O3/c1-7(2)11-5-3-4-8(10)6-9/h7,9H,3-6H2,1-2H3. The van der Waals surface area contributed by atoms with Crippen LogP contribution in [0.25, 0.3) is 0 Å². The van der Waals surface area contributed by atoms with Gasteiger partial charge in [-0.25, -0.2) is 0 Å². The summed E-state index contributed by atoms with van der Waals surface area (Å²) in [5, 5.41) is 8.35. The molecule has 0 amide bonds. The molecule has 0 fully saturated rings. The van der Waals surface area contributed by atoms with E-state index in [2.05, 4.69) is 0 Å². The molecule has 0 aromatic heterocycles. The van der Waals surface area contributed by atoms with Gasteiger partial charge in [-0.1, -0.05) is 0 Å². The van der Waals surface area contributed by atoms with Crippen molar-refractivity contribution in [3.8, 4) is 0 Å². The summed E-state index contributed by atoms with van der Waals surface area (Å²) in [6.07, 6.45) is 1.35. The molecule has 0 unspecified atom stereocenters. The highest BCUT2D eigenvalue weighted by Gasteiger charge is 1.99. The quantitative estimate of drug-likeness (QED) is 0.583. The highest BCUT2D eigenvalue weighted by Crippen LogP contribution is 1.94. The predicted molar refractivity (Wildman–Crippen MR) is 42.4 cm³/mol. The number of aliphatic hydroxyl groups is 1. The molecule has 0 atom stereocenters. The number of hydrogen-bond donors (Lipinski definition) is 1. The number of carbonyl (C=O) groups is 1. The molecule has 0 spiro atoms. The Morgan fingerprint density at radius 2 is 2.18 bits per heavy atom. The van der Waals surface area contributed by atoms with Gasteiger partial charge in [-0.15, -0.1) is 0 Å². The molecule has 1 N–H and O–H groups in total. The van der Waals surface area contributed by atoms with E-state index in [1.165, 1.54) is 0 Å². The third kappa shape index (κ3) is 7.49. The highest BCUT2D eigenvalue weighted by molar-refractivity contribution is 5.79. The molecule has 3 nitrogen and oxygen atoms in total. The SMILES string of the molecule is CC(C)OCCCC(=O)CO. The Balaban J connectivity index is 3.08. The maximum Gasteiger partial charge on any atom is 0.158 e. The van der Waals surface area contributed by atoms with Gasteiger partial charge in [-0.3, -0.25) is 4.79 Å². The van der Waals surface area contributed by atoms with E-state index in [1.807, 2.05) is 13.8 Å². The van der Waals surface area contributed by atoms with Gasteiger partial charge in [0, 0.05) is 13.0 Å². The lowest BCUT2D eigenvalue weighted by Gasteiger charge is -2.05. The lowest BCUT2D eigenvalue weighted by molar-refractivity contribution is -0.122. The van der Waals surface area contributed by atoms with Crippen molar-refractivity contribution < 1.29 is 14.6 Å². The molecule has 3 heteroatoms. The zero-order valence-electron chi connectivity index (χ0n) is 7.17. The van der Waals surface area contributed by atoms with Gasteiger partial charge >= 0.3 is 0 Å². The number of ketones is 1. The molecular weight excluding hydrogens is 144 g/mol. The topological polar surface area (TPSA) is 46.5 Å². The van der Waals surface area contributed by atoms with E-state index in [0.29, 0.717) is 19.4 Å². The smallest absolute Gasteiger partial charge is 0.158 e. The zero-order chi connectivity index (χ0) is 8.69. The van der Waals surface area contributed by atoms with Gasteiger partial charge in [0.25, 0.3) is 0 Å². The van der Waals surface area contributed by atoms with E-state index >= 15 is 0 Å². The molecule has 0 aliphatic rings. The summed E-state index contributed by atoms with van der Waals surface area (Å²) < 4.78 is 5.20. The molecule has 0 radical (unpaired) electrons.